The minimum absolute atomic E-state index is 0.154. The minimum Gasteiger partial charge on any atom is -0.393 e. The average Bonchev–Trinajstić information content (AvgIpc) is 2.64. The first-order valence-electron chi connectivity index (χ1n) is 8.68. The molecule has 0 radical (unpaired) electrons. The third-order valence-electron chi connectivity index (χ3n) is 6.20. The Morgan fingerprint density at radius 2 is 1.95 bits per heavy atom. The van der Waals surface area contributed by atoms with Gasteiger partial charge in [0.15, 0.2) is 0 Å². The highest BCUT2D eigenvalue weighted by Crippen LogP contribution is 2.58. The van der Waals surface area contributed by atoms with E-state index in [2.05, 4.69) is 13.8 Å². The van der Waals surface area contributed by atoms with Crippen LogP contribution in [0.5, 0.6) is 0 Å². The summed E-state index contributed by atoms with van der Waals surface area (Å²) < 4.78 is 14.2. The summed E-state index contributed by atoms with van der Waals surface area (Å²) >= 11 is 0. The summed E-state index contributed by atoms with van der Waals surface area (Å²) in [6, 6.07) is 0. The summed E-state index contributed by atoms with van der Waals surface area (Å²) in [6.07, 6.45) is 5.08. The van der Waals surface area contributed by atoms with Crippen molar-refractivity contribution in [1.82, 2.24) is 0 Å². The number of alkyl halides is 1. The Morgan fingerprint density at radius 1 is 1.29 bits per heavy atom. The summed E-state index contributed by atoms with van der Waals surface area (Å²) in [5.74, 6) is 1.24. The van der Waals surface area contributed by atoms with Gasteiger partial charge in [0.2, 0.25) is 0 Å². The van der Waals surface area contributed by atoms with Gasteiger partial charge in [0.1, 0.15) is 6.17 Å². The lowest BCUT2D eigenvalue weighted by atomic mass is 9.61. The smallest absolute Gasteiger partial charge is 0.103 e. The maximum atomic E-state index is 14.2. The first-order valence-corrected chi connectivity index (χ1v) is 8.68. The SMILES string of the molecule is CC(CC(F)CC(C)(C)O)[C@H]1CC[C@H]2[C@@H](O)CCC[C@]12C. The lowest BCUT2D eigenvalue weighted by molar-refractivity contribution is -0.0314. The molecule has 6 atom stereocenters. The Morgan fingerprint density at radius 3 is 2.57 bits per heavy atom. The first-order chi connectivity index (χ1) is 9.63. The second kappa shape index (κ2) is 6.16. The van der Waals surface area contributed by atoms with E-state index in [-0.39, 0.29) is 17.9 Å². The van der Waals surface area contributed by atoms with Crippen molar-refractivity contribution in [3.05, 3.63) is 0 Å². The van der Waals surface area contributed by atoms with E-state index in [0.29, 0.717) is 24.2 Å². The number of hydrogen-bond acceptors (Lipinski definition) is 2. The predicted octanol–water partition coefficient (Wildman–Crippen LogP) is 4.09. The second-order valence-corrected chi connectivity index (χ2v) is 8.58. The van der Waals surface area contributed by atoms with Gasteiger partial charge in [0, 0.05) is 6.42 Å². The van der Waals surface area contributed by atoms with Crippen LogP contribution in [0.4, 0.5) is 4.39 Å². The monoisotopic (exact) mass is 300 g/mol. The Labute approximate surface area is 129 Å². The lowest BCUT2D eigenvalue weighted by Crippen LogP contribution is -2.41. The number of halogens is 1. The van der Waals surface area contributed by atoms with Gasteiger partial charge < -0.3 is 10.2 Å². The minimum atomic E-state index is -0.934. The second-order valence-electron chi connectivity index (χ2n) is 8.58. The molecule has 2 nitrogen and oxygen atoms in total. The number of hydrogen-bond donors (Lipinski definition) is 2. The van der Waals surface area contributed by atoms with Crippen molar-refractivity contribution in [3.63, 3.8) is 0 Å². The maximum absolute atomic E-state index is 14.2. The van der Waals surface area contributed by atoms with Crippen molar-refractivity contribution in [2.45, 2.75) is 90.5 Å². The van der Waals surface area contributed by atoms with Gasteiger partial charge in [-0.05, 0) is 69.1 Å². The zero-order valence-electron chi connectivity index (χ0n) is 14.1. The topological polar surface area (TPSA) is 40.5 Å². The summed E-state index contributed by atoms with van der Waals surface area (Å²) in [5, 5.41) is 20.0. The molecular weight excluding hydrogens is 267 g/mol. The molecule has 0 spiro atoms. The molecule has 2 aliphatic rings. The van der Waals surface area contributed by atoms with E-state index < -0.39 is 11.8 Å². The molecule has 2 rings (SSSR count). The fourth-order valence-electron chi connectivity index (χ4n) is 5.32. The van der Waals surface area contributed by atoms with Gasteiger partial charge in [-0.25, -0.2) is 4.39 Å². The van der Waals surface area contributed by atoms with Crippen LogP contribution in [0.15, 0.2) is 0 Å². The molecule has 0 saturated heterocycles. The highest BCUT2D eigenvalue weighted by atomic mass is 19.1. The highest BCUT2D eigenvalue weighted by Gasteiger charge is 2.52. The summed E-state index contributed by atoms with van der Waals surface area (Å²) in [6.45, 7) is 7.83. The summed E-state index contributed by atoms with van der Waals surface area (Å²) in [7, 11) is 0. The fourth-order valence-corrected chi connectivity index (χ4v) is 5.32. The molecule has 2 aliphatic carbocycles. The number of fused-ring (bicyclic) bond motifs is 1. The molecule has 124 valence electrons. The van der Waals surface area contributed by atoms with Crippen molar-refractivity contribution in [2.75, 3.05) is 0 Å². The van der Waals surface area contributed by atoms with Crippen LogP contribution < -0.4 is 0 Å². The maximum Gasteiger partial charge on any atom is 0.103 e. The van der Waals surface area contributed by atoms with Crippen LogP contribution in [-0.2, 0) is 0 Å². The van der Waals surface area contributed by atoms with Gasteiger partial charge in [-0.2, -0.15) is 0 Å². The van der Waals surface area contributed by atoms with E-state index in [1.807, 2.05) is 0 Å². The summed E-state index contributed by atoms with van der Waals surface area (Å²) in [5.41, 5.74) is -0.742. The Bertz CT molecular complexity index is 352. The van der Waals surface area contributed by atoms with Gasteiger partial charge in [-0.3, -0.25) is 0 Å². The molecule has 21 heavy (non-hydrogen) atoms. The van der Waals surface area contributed by atoms with Crippen LogP contribution in [0.25, 0.3) is 0 Å². The first kappa shape index (κ1) is 17.2. The molecule has 2 saturated carbocycles. The van der Waals surface area contributed by atoms with Crippen molar-refractivity contribution in [1.29, 1.82) is 0 Å². The van der Waals surface area contributed by atoms with Crippen molar-refractivity contribution in [2.24, 2.45) is 23.2 Å². The van der Waals surface area contributed by atoms with E-state index >= 15 is 0 Å². The highest BCUT2D eigenvalue weighted by molar-refractivity contribution is 5.01. The van der Waals surface area contributed by atoms with E-state index in [9.17, 15) is 14.6 Å². The van der Waals surface area contributed by atoms with E-state index in [4.69, 9.17) is 0 Å². The third kappa shape index (κ3) is 3.79. The molecular formula is C18H33FO2. The van der Waals surface area contributed by atoms with E-state index in [0.717, 1.165) is 25.7 Å². The standard InChI is InChI=1S/C18H33FO2/c1-12(10-13(19)11-17(2,3)21)14-7-8-15-16(20)6-5-9-18(14,15)4/h12-16,20-21H,5-11H2,1-4H3/t12?,13?,14-,15+,16+,18-/m1/s1. The fraction of sp³-hybridized carbons (Fsp3) is 1.00. The number of aliphatic hydroxyl groups excluding tert-OH is 1. The van der Waals surface area contributed by atoms with Gasteiger partial charge in [0.05, 0.1) is 11.7 Å². The predicted molar refractivity (Wildman–Crippen MR) is 83.8 cm³/mol. The lowest BCUT2D eigenvalue weighted by Gasteiger charge is -2.45. The molecule has 2 unspecified atom stereocenters. The van der Waals surface area contributed by atoms with Gasteiger partial charge in [0.25, 0.3) is 0 Å². The van der Waals surface area contributed by atoms with Crippen molar-refractivity contribution < 1.29 is 14.6 Å². The van der Waals surface area contributed by atoms with Crippen LogP contribution in [0, 0.1) is 23.2 Å². The Balaban J connectivity index is 1.98. The normalized spacial score (nSPS) is 39.9. The van der Waals surface area contributed by atoms with Crippen molar-refractivity contribution >= 4 is 0 Å². The van der Waals surface area contributed by atoms with Crippen LogP contribution in [0.3, 0.4) is 0 Å². The van der Waals surface area contributed by atoms with Crippen LogP contribution in [0.1, 0.15) is 72.6 Å². The summed E-state index contributed by atoms with van der Waals surface area (Å²) in [4.78, 5) is 0. The van der Waals surface area contributed by atoms with Crippen LogP contribution in [0.2, 0.25) is 0 Å². The third-order valence-corrected chi connectivity index (χ3v) is 6.20. The van der Waals surface area contributed by atoms with Gasteiger partial charge >= 0.3 is 0 Å². The molecule has 0 aliphatic heterocycles. The molecule has 0 bridgehead atoms. The van der Waals surface area contributed by atoms with Gasteiger partial charge in [-0.1, -0.05) is 20.3 Å². The van der Waals surface area contributed by atoms with E-state index in [1.54, 1.807) is 13.8 Å². The van der Waals surface area contributed by atoms with Crippen molar-refractivity contribution in [3.8, 4) is 0 Å². The quantitative estimate of drug-likeness (QED) is 0.803. The number of aliphatic hydroxyl groups is 2. The average molecular weight is 300 g/mol. The van der Waals surface area contributed by atoms with Crippen LogP contribution in [-0.4, -0.2) is 28.1 Å². The zero-order valence-corrected chi connectivity index (χ0v) is 14.1. The molecule has 3 heteroatoms. The van der Waals surface area contributed by atoms with Crippen LogP contribution >= 0.6 is 0 Å². The largest absolute Gasteiger partial charge is 0.393 e. The molecule has 2 N–H and O–H groups in total. The molecule has 2 fully saturated rings. The Kier molecular flexibility index (Phi) is 5.04. The molecule has 0 aromatic rings. The molecule has 0 aromatic heterocycles. The van der Waals surface area contributed by atoms with Gasteiger partial charge in [-0.15, -0.1) is 0 Å². The molecule has 0 aromatic carbocycles. The molecule has 0 amide bonds. The zero-order chi connectivity index (χ0) is 15.8. The molecule has 0 heterocycles. The van der Waals surface area contributed by atoms with E-state index in [1.165, 1.54) is 6.42 Å². The Hall–Kier alpha value is -0.150. The number of rotatable bonds is 5.